The van der Waals surface area contributed by atoms with Crippen molar-refractivity contribution in [2.45, 2.75) is 50.9 Å². The first kappa shape index (κ1) is 16.6. The van der Waals surface area contributed by atoms with Crippen LogP contribution < -0.4 is 5.32 Å². The molecule has 2 aliphatic heterocycles. The molecule has 1 aromatic rings. The maximum atomic E-state index is 12.2. The molecule has 126 valence electrons. The second-order valence-corrected chi connectivity index (χ2v) is 8.28. The standard InChI is InChI=1S/C17H23BrN2O3/c1-16(2,3)23-15(22)20-8-6-17(7-9-20)12-10-11(18)4-5-13(12)19-14(17)21/h4-5,10,14,19,21H,6-9H2,1-3H3/t14-/m0/s1. The predicted molar refractivity (Wildman–Crippen MR) is 92.5 cm³/mol. The second-order valence-electron chi connectivity index (χ2n) is 7.36. The number of nitrogens with one attached hydrogen (secondary N) is 1. The van der Waals surface area contributed by atoms with E-state index in [4.69, 9.17) is 4.74 Å². The highest BCUT2D eigenvalue weighted by Gasteiger charge is 2.48. The minimum absolute atomic E-state index is 0.276. The number of fused-ring (bicyclic) bond motifs is 2. The van der Waals surface area contributed by atoms with Crippen LogP contribution in [0.2, 0.25) is 0 Å². The summed E-state index contributed by atoms with van der Waals surface area (Å²) in [4.78, 5) is 14.0. The molecule has 0 bridgehead atoms. The van der Waals surface area contributed by atoms with E-state index < -0.39 is 11.8 Å². The van der Waals surface area contributed by atoms with Crippen molar-refractivity contribution in [3.8, 4) is 0 Å². The third kappa shape index (κ3) is 3.06. The van der Waals surface area contributed by atoms with E-state index in [9.17, 15) is 9.90 Å². The number of carbonyl (C=O) groups excluding carboxylic acids is 1. The summed E-state index contributed by atoms with van der Waals surface area (Å²) in [6.07, 6.45) is 0.531. The van der Waals surface area contributed by atoms with Crippen LogP contribution in [0.5, 0.6) is 0 Å². The Morgan fingerprint density at radius 2 is 2.04 bits per heavy atom. The van der Waals surface area contributed by atoms with E-state index in [-0.39, 0.29) is 11.5 Å². The van der Waals surface area contributed by atoms with Gasteiger partial charge < -0.3 is 20.1 Å². The molecule has 0 unspecified atom stereocenters. The first-order valence-corrected chi connectivity index (χ1v) is 8.73. The summed E-state index contributed by atoms with van der Waals surface area (Å²) in [5.74, 6) is 0. The number of benzene rings is 1. The van der Waals surface area contributed by atoms with Crippen molar-refractivity contribution in [3.63, 3.8) is 0 Å². The summed E-state index contributed by atoms with van der Waals surface area (Å²) in [6.45, 7) is 6.78. The Hall–Kier alpha value is -1.27. The van der Waals surface area contributed by atoms with E-state index >= 15 is 0 Å². The predicted octanol–water partition coefficient (Wildman–Crippen LogP) is 3.46. The zero-order valence-electron chi connectivity index (χ0n) is 13.7. The third-order valence-corrected chi connectivity index (χ3v) is 5.13. The molecule has 5 nitrogen and oxygen atoms in total. The molecule has 1 spiro atoms. The summed E-state index contributed by atoms with van der Waals surface area (Å²) in [7, 11) is 0. The number of ether oxygens (including phenoxy) is 1. The first-order valence-electron chi connectivity index (χ1n) is 7.94. The van der Waals surface area contributed by atoms with Gasteiger partial charge in [-0.2, -0.15) is 0 Å². The van der Waals surface area contributed by atoms with E-state index in [0.29, 0.717) is 25.9 Å². The number of hydrogen-bond acceptors (Lipinski definition) is 4. The van der Waals surface area contributed by atoms with Gasteiger partial charge in [0.25, 0.3) is 0 Å². The van der Waals surface area contributed by atoms with Gasteiger partial charge in [0.1, 0.15) is 11.8 Å². The zero-order chi connectivity index (χ0) is 16.8. The molecule has 3 rings (SSSR count). The van der Waals surface area contributed by atoms with Crippen LogP contribution in [0.3, 0.4) is 0 Å². The van der Waals surface area contributed by atoms with Crippen LogP contribution in [0.1, 0.15) is 39.2 Å². The molecule has 2 heterocycles. The van der Waals surface area contributed by atoms with Gasteiger partial charge in [-0.1, -0.05) is 15.9 Å². The lowest BCUT2D eigenvalue weighted by atomic mass is 9.73. The molecule has 1 atom stereocenters. The smallest absolute Gasteiger partial charge is 0.410 e. The molecule has 0 aromatic heterocycles. The van der Waals surface area contributed by atoms with E-state index in [1.165, 1.54) is 0 Å². The van der Waals surface area contributed by atoms with Crippen LogP contribution in [-0.4, -0.2) is 41.0 Å². The van der Waals surface area contributed by atoms with Crippen LogP contribution in [0, 0.1) is 0 Å². The number of piperidine rings is 1. The van der Waals surface area contributed by atoms with Gasteiger partial charge in [-0.05, 0) is 57.4 Å². The summed E-state index contributed by atoms with van der Waals surface area (Å²) in [5.41, 5.74) is 1.28. The highest BCUT2D eigenvalue weighted by molar-refractivity contribution is 9.10. The number of anilines is 1. The Labute approximate surface area is 145 Å². The normalized spacial score (nSPS) is 22.7. The highest BCUT2D eigenvalue weighted by atomic mass is 79.9. The van der Waals surface area contributed by atoms with Crippen LogP contribution in [0.25, 0.3) is 0 Å². The number of aliphatic hydroxyl groups excluding tert-OH is 1. The zero-order valence-corrected chi connectivity index (χ0v) is 15.3. The van der Waals surface area contributed by atoms with E-state index in [1.54, 1.807) is 4.90 Å². The third-order valence-electron chi connectivity index (χ3n) is 4.64. The molecule has 23 heavy (non-hydrogen) atoms. The Bertz CT molecular complexity index is 619. The average Bonchev–Trinajstić information content (AvgIpc) is 2.71. The summed E-state index contributed by atoms with van der Waals surface area (Å²) in [6, 6.07) is 6.02. The van der Waals surface area contributed by atoms with Gasteiger partial charge in [0.05, 0.1) is 0 Å². The summed E-state index contributed by atoms with van der Waals surface area (Å²) < 4.78 is 6.45. The Kier molecular flexibility index (Phi) is 4.09. The molecule has 0 aliphatic carbocycles. The van der Waals surface area contributed by atoms with Crippen molar-refractivity contribution in [3.05, 3.63) is 28.2 Å². The fourth-order valence-corrected chi connectivity index (χ4v) is 3.81. The number of likely N-dealkylation sites (tertiary alicyclic amines) is 1. The maximum absolute atomic E-state index is 12.2. The number of rotatable bonds is 0. The lowest BCUT2D eigenvalue weighted by Gasteiger charge is -2.41. The monoisotopic (exact) mass is 382 g/mol. The van der Waals surface area contributed by atoms with Crippen molar-refractivity contribution < 1.29 is 14.6 Å². The quantitative estimate of drug-likeness (QED) is 0.720. The van der Waals surface area contributed by atoms with Crippen molar-refractivity contribution in [1.29, 1.82) is 0 Å². The maximum Gasteiger partial charge on any atom is 0.410 e. The lowest BCUT2D eigenvalue weighted by molar-refractivity contribution is 0.00581. The van der Waals surface area contributed by atoms with E-state index in [2.05, 4.69) is 27.3 Å². The van der Waals surface area contributed by atoms with Crippen LogP contribution in [0.15, 0.2) is 22.7 Å². The van der Waals surface area contributed by atoms with E-state index in [0.717, 1.165) is 15.7 Å². The second kappa shape index (κ2) is 5.67. The summed E-state index contributed by atoms with van der Waals surface area (Å²) >= 11 is 3.51. The Morgan fingerprint density at radius 1 is 1.39 bits per heavy atom. The number of hydrogen-bond donors (Lipinski definition) is 2. The Morgan fingerprint density at radius 3 is 2.65 bits per heavy atom. The minimum Gasteiger partial charge on any atom is -0.444 e. The molecule has 1 saturated heterocycles. The van der Waals surface area contributed by atoms with Gasteiger partial charge in [-0.15, -0.1) is 0 Å². The van der Waals surface area contributed by atoms with Gasteiger partial charge >= 0.3 is 6.09 Å². The van der Waals surface area contributed by atoms with Gasteiger partial charge in [0, 0.05) is 28.7 Å². The van der Waals surface area contributed by atoms with Gasteiger partial charge in [-0.25, -0.2) is 4.79 Å². The lowest BCUT2D eigenvalue weighted by Crippen LogP contribution is -2.51. The molecule has 0 saturated carbocycles. The molecule has 1 aromatic carbocycles. The van der Waals surface area contributed by atoms with Crippen molar-refractivity contribution in [2.75, 3.05) is 18.4 Å². The molecular weight excluding hydrogens is 360 g/mol. The fourth-order valence-electron chi connectivity index (χ4n) is 3.44. The van der Waals surface area contributed by atoms with Crippen molar-refractivity contribution in [2.24, 2.45) is 0 Å². The fraction of sp³-hybridized carbons (Fsp3) is 0.588. The number of amides is 1. The molecule has 1 fully saturated rings. The molecule has 0 radical (unpaired) electrons. The van der Waals surface area contributed by atoms with Crippen molar-refractivity contribution >= 4 is 27.7 Å². The average molecular weight is 383 g/mol. The van der Waals surface area contributed by atoms with Gasteiger partial charge in [-0.3, -0.25) is 0 Å². The van der Waals surface area contributed by atoms with Crippen LogP contribution in [-0.2, 0) is 10.2 Å². The number of halogens is 1. The molecule has 1 amide bonds. The topological polar surface area (TPSA) is 61.8 Å². The molecule has 2 N–H and O–H groups in total. The molecule has 6 heteroatoms. The van der Waals surface area contributed by atoms with Gasteiger partial charge in [0.2, 0.25) is 0 Å². The SMILES string of the molecule is CC(C)(C)OC(=O)N1CCC2(CC1)c1cc(Br)ccc1N[C@H]2O. The highest BCUT2D eigenvalue weighted by Crippen LogP contribution is 2.48. The number of aliphatic hydroxyl groups is 1. The van der Waals surface area contributed by atoms with Crippen molar-refractivity contribution in [1.82, 2.24) is 4.90 Å². The number of carbonyl (C=O) groups is 1. The number of nitrogens with zero attached hydrogens (tertiary/aromatic N) is 1. The Balaban J connectivity index is 1.76. The van der Waals surface area contributed by atoms with E-state index in [1.807, 2.05) is 32.9 Å². The minimum atomic E-state index is -0.618. The van der Waals surface area contributed by atoms with Crippen LogP contribution in [0.4, 0.5) is 10.5 Å². The first-order chi connectivity index (χ1) is 10.7. The molecular formula is C17H23BrN2O3. The largest absolute Gasteiger partial charge is 0.444 e. The molecule has 2 aliphatic rings. The summed E-state index contributed by atoms with van der Waals surface area (Å²) in [5, 5.41) is 13.7. The van der Waals surface area contributed by atoms with Gasteiger partial charge in [0.15, 0.2) is 0 Å². The van der Waals surface area contributed by atoms with Crippen LogP contribution >= 0.6 is 15.9 Å².